The van der Waals surface area contributed by atoms with Crippen LogP contribution in [0.5, 0.6) is 0 Å². The van der Waals surface area contributed by atoms with Crippen molar-refractivity contribution in [1.82, 2.24) is 19.9 Å². The molecule has 0 spiro atoms. The number of nitrogens with one attached hydrogen (secondary N) is 1. The molecule has 0 fully saturated rings. The van der Waals surface area contributed by atoms with Crippen molar-refractivity contribution in [2.24, 2.45) is 0 Å². The highest BCUT2D eigenvalue weighted by atomic mass is 16.5. The molecule has 7 nitrogen and oxygen atoms in total. The summed E-state index contributed by atoms with van der Waals surface area (Å²) in [5.74, 6) is 0. The van der Waals surface area contributed by atoms with Gasteiger partial charge in [-0.05, 0) is 43.7 Å². The van der Waals surface area contributed by atoms with Gasteiger partial charge in [0.15, 0.2) is 0 Å². The minimum atomic E-state index is -0.202. The van der Waals surface area contributed by atoms with Crippen molar-refractivity contribution < 1.29 is 9.53 Å². The van der Waals surface area contributed by atoms with E-state index in [4.69, 9.17) is 4.74 Å². The molecule has 0 aliphatic carbocycles. The van der Waals surface area contributed by atoms with Gasteiger partial charge in [-0.3, -0.25) is 4.98 Å². The minimum absolute atomic E-state index is 0.202. The van der Waals surface area contributed by atoms with Crippen LogP contribution in [0.3, 0.4) is 0 Å². The van der Waals surface area contributed by atoms with E-state index < -0.39 is 0 Å². The van der Waals surface area contributed by atoms with E-state index in [-0.39, 0.29) is 6.03 Å². The number of carbonyl (C=O) groups excluding carboxylic acids is 1. The van der Waals surface area contributed by atoms with Crippen molar-refractivity contribution in [3.8, 4) is 0 Å². The lowest BCUT2D eigenvalue weighted by Crippen LogP contribution is -2.36. The zero-order valence-corrected chi connectivity index (χ0v) is 15.8. The second kappa shape index (κ2) is 8.55. The number of methoxy groups -OCH3 is 1. The fourth-order valence-corrected chi connectivity index (χ4v) is 2.68. The third kappa shape index (κ3) is 4.77. The summed E-state index contributed by atoms with van der Waals surface area (Å²) in [6.45, 7) is 5.24. The highest BCUT2D eigenvalue weighted by molar-refractivity contribution is 5.91. The van der Waals surface area contributed by atoms with Crippen molar-refractivity contribution in [3.63, 3.8) is 0 Å². The predicted molar refractivity (Wildman–Crippen MR) is 105 cm³/mol. The first-order valence-corrected chi connectivity index (χ1v) is 8.75. The molecule has 0 saturated heterocycles. The van der Waals surface area contributed by atoms with Gasteiger partial charge >= 0.3 is 6.03 Å². The number of hydrogen-bond donors (Lipinski definition) is 1. The SMILES string of the molecule is COCCN(Cc1cccnc1)C(=O)Nc1ccc2nc(C)c(C)nc2c1. The standard InChI is InChI=1S/C20H23N5O2/c1-14-15(2)23-19-11-17(6-7-18(19)22-14)24-20(26)25(9-10-27-3)13-16-5-4-8-21-12-16/h4-8,11-12H,9-10,13H2,1-3H3,(H,24,26). The molecule has 3 aromatic rings. The first kappa shape index (κ1) is 18.7. The van der Waals surface area contributed by atoms with E-state index in [0.29, 0.717) is 25.4 Å². The number of hydrogen-bond acceptors (Lipinski definition) is 5. The molecule has 2 aromatic heterocycles. The summed E-state index contributed by atoms with van der Waals surface area (Å²) >= 11 is 0. The van der Waals surface area contributed by atoms with E-state index in [1.165, 1.54) is 0 Å². The molecule has 2 amide bonds. The number of benzene rings is 1. The zero-order chi connectivity index (χ0) is 19.2. The van der Waals surface area contributed by atoms with Crippen LogP contribution in [0.4, 0.5) is 10.5 Å². The van der Waals surface area contributed by atoms with Crippen molar-refractivity contribution >= 4 is 22.8 Å². The quantitative estimate of drug-likeness (QED) is 0.725. The average Bonchev–Trinajstić information content (AvgIpc) is 2.67. The predicted octanol–water partition coefficient (Wildman–Crippen LogP) is 3.32. The fourth-order valence-electron chi connectivity index (χ4n) is 2.68. The van der Waals surface area contributed by atoms with Crippen molar-refractivity contribution in [3.05, 3.63) is 59.7 Å². The Morgan fingerprint density at radius 3 is 2.63 bits per heavy atom. The van der Waals surface area contributed by atoms with Crippen LogP contribution in [0.2, 0.25) is 0 Å². The lowest BCUT2D eigenvalue weighted by molar-refractivity contribution is 0.153. The second-order valence-corrected chi connectivity index (χ2v) is 6.30. The summed E-state index contributed by atoms with van der Waals surface area (Å²) in [4.78, 5) is 27.6. The number of fused-ring (bicyclic) bond motifs is 1. The summed E-state index contributed by atoms with van der Waals surface area (Å²) < 4.78 is 5.14. The number of carbonyl (C=O) groups is 1. The average molecular weight is 365 g/mol. The Bertz CT molecular complexity index is 930. The molecule has 1 N–H and O–H groups in total. The Balaban J connectivity index is 1.77. The second-order valence-electron chi connectivity index (χ2n) is 6.30. The zero-order valence-electron chi connectivity index (χ0n) is 15.8. The monoisotopic (exact) mass is 365 g/mol. The number of urea groups is 1. The molecular formula is C20H23N5O2. The highest BCUT2D eigenvalue weighted by Crippen LogP contribution is 2.18. The maximum absolute atomic E-state index is 12.8. The molecule has 0 unspecified atom stereocenters. The van der Waals surface area contributed by atoms with Crippen molar-refractivity contribution in [2.75, 3.05) is 25.6 Å². The van der Waals surface area contributed by atoms with Gasteiger partial charge in [0.25, 0.3) is 0 Å². The fraction of sp³-hybridized carbons (Fsp3) is 0.300. The van der Waals surface area contributed by atoms with Gasteiger partial charge in [0, 0.05) is 38.3 Å². The molecule has 0 saturated carbocycles. The Labute approximate surface area is 158 Å². The van der Waals surface area contributed by atoms with Crippen LogP contribution in [-0.2, 0) is 11.3 Å². The number of rotatable bonds is 6. The molecule has 0 atom stereocenters. The number of pyridine rings is 1. The molecule has 3 rings (SSSR count). The Morgan fingerprint density at radius 1 is 1.15 bits per heavy atom. The van der Waals surface area contributed by atoms with Gasteiger partial charge in [-0.2, -0.15) is 0 Å². The smallest absolute Gasteiger partial charge is 0.322 e. The van der Waals surface area contributed by atoms with Crippen LogP contribution in [0.1, 0.15) is 17.0 Å². The van der Waals surface area contributed by atoms with Crippen LogP contribution in [0.25, 0.3) is 11.0 Å². The van der Waals surface area contributed by atoms with Gasteiger partial charge in [-0.15, -0.1) is 0 Å². The number of amides is 2. The maximum atomic E-state index is 12.8. The van der Waals surface area contributed by atoms with Crippen molar-refractivity contribution in [1.29, 1.82) is 0 Å². The highest BCUT2D eigenvalue weighted by Gasteiger charge is 2.15. The molecule has 2 heterocycles. The van der Waals surface area contributed by atoms with Crippen LogP contribution < -0.4 is 5.32 Å². The lowest BCUT2D eigenvalue weighted by Gasteiger charge is -2.23. The van der Waals surface area contributed by atoms with Gasteiger partial charge in [0.05, 0.1) is 29.0 Å². The molecule has 0 radical (unpaired) electrons. The van der Waals surface area contributed by atoms with Crippen LogP contribution >= 0.6 is 0 Å². The van der Waals surface area contributed by atoms with Gasteiger partial charge in [-0.25, -0.2) is 14.8 Å². The molecular weight excluding hydrogens is 342 g/mol. The van der Waals surface area contributed by atoms with E-state index in [9.17, 15) is 4.79 Å². The van der Waals surface area contributed by atoms with Gasteiger partial charge in [0.2, 0.25) is 0 Å². The Morgan fingerprint density at radius 2 is 1.93 bits per heavy atom. The number of nitrogens with zero attached hydrogens (tertiary/aromatic N) is 4. The number of ether oxygens (including phenoxy) is 1. The summed E-state index contributed by atoms with van der Waals surface area (Å²) in [7, 11) is 1.62. The summed E-state index contributed by atoms with van der Waals surface area (Å²) in [5.41, 5.74) is 4.98. The minimum Gasteiger partial charge on any atom is -0.383 e. The number of anilines is 1. The molecule has 1 aromatic carbocycles. The molecule has 0 aliphatic rings. The van der Waals surface area contributed by atoms with E-state index in [1.807, 2.05) is 44.2 Å². The van der Waals surface area contributed by atoms with Gasteiger partial charge < -0.3 is 15.0 Å². The van der Waals surface area contributed by atoms with E-state index in [2.05, 4.69) is 20.3 Å². The normalized spacial score (nSPS) is 10.8. The summed E-state index contributed by atoms with van der Waals surface area (Å²) in [6, 6.07) is 9.13. The van der Waals surface area contributed by atoms with Gasteiger partial charge in [-0.1, -0.05) is 6.07 Å². The third-order valence-electron chi connectivity index (χ3n) is 4.28. The first-order chi connectivity index (χ1) is 13.1. The van der Waals surface area contributed by atoms with Crippen LogP contribution in [-0.4, -0.2) is 46.1 Å². The van der Waals surface area contributed by atoms with Gasteiger partial charge in [0.1, 0.15) is 0 Å². The maximum Gasteiger partial charge on any atom is 0.322 e. The molecule has 27 heavy (non-hydrogen) atoms. The van der Waals surface area contributed by atoms with E-state index in [1.54, 1.807) is 24.4 Å². The number of aromatic nitrogens is 3. The lowest BCUT2D eigenvalue weighted by atomic mass is 10.2. The molecule has 0 bridgehead atoms. The molecule has 0 aliphatic heterocycles. The molecule has 140 valence electrons. The summed E-state index contributed by atoms with van der Waals surface area (Å²) in [5, 5.41) is 2.94. The largest absolute Gasteiger partial charge is 0.383 e. The first-order valence-electron chi connectivity index (χ1n) is 8.75. The van der Waals surface area contributed by atoms with E-state index >= 15 is 0 Å². The summed E-state index contributed by atoms with van der Waals surface area (Å²) in [6.07, 6.45) is 3.46. The Kier molecular flexibility index (Phi) is 5.93. The van der Waals surface area contributed by atoms with E-state index in [0.717, 1.165) is 28.0 Å². The number of aryl methyl sites for hydroxylation is 2. The topological polar surface area (TPSA) is 80.2 Å². The van der Waals surface area contributed by atoms with Crippen molar-refractivity contribution in [2.45, 2.75) is 20.4 Å². The third-order valence-corrected chi connectivity index (χ3v) is 4.28. The molecule has 7 heteroatoms. The van der Waals surface area contributed by atoms with Crippen LogP contribution in [0.15, 0.2) is 42.7 Å². The van der Waals surface area contributed by atoms with Crippen LogP contribution in [0, 0.1) is 13.8 Å². The Hall–Kier alpha value is -3.06.